The van der Waals surface area contributed by atoms with Crippen molar-refractivity contribution in [2.24, 2.45) is 0 Å². The lowest BCUT2D eigenvalue weighted by molar-refractivity contribution is 0.0742. The van der Waals surface area contributed by atoms with Crippen LogP contribution in [0.15, 0.2) is 54.6 Å². The number of anilines is 1. The number of aromatic amines is 1. The highest BCUT2D eigenvalue weighted by atomic mass is 16.2. The van der Waals surface area contributed by atoms with Crippen LogP contribution in [-0.4, -0.2) is 42.0 Å². The molecule has 0 saturated carbocycles. The van der Waals surface area contributed by atoms with Gasteiger partial charge in [0.25, 0.3) is 5.91 Å². The number of aromatic nitrogens is 1. The Morgan fingerprint density at radius 2 is 1.63 bits per heavy atom. The van der Waals surface area contributed by atoms with Gasteiger partial charge in [-0.25, -0.2) is 0 Å². The van der Waals surface area contributed by atoms with Crippen molar-refractivity contribution in [3.63, 3.8) is 0 Å². The van der Waals surface area contributed by atoms with E-state index in [-0.39, 0.29) is 11.3 Å². The lowest BCUT2D eigenvalue weighted by Crippen LogP contribution is -2.48. The molecule has 1 fully saturated rings. The molecule has 140 valence electrons. The van der Waals surface area contributed by atoms with Crippen molar-refractivity contribution in [3.05, 3.63) is 65.9 Å². The second-order valence-corrected chi connectivity index (χ2v) is 8.35. The summed E-state index contributed by atoms with van der Waals surface area (Å²) < 4.78 is 0. The van der Waals surface area contributed by atoms with Gasteiger partial charge in [0, 0.05) is 42.8 Å². The largest absolute Gasteiger partial charge is 0.368 e. The topological polar surface area (TPSA) is 39.3 Å². The maximum Gasteiger partial charge on any atom is 0.270 e. The summed E-state index contributed by atoms with van der Waals surface area (Å²) in [5, 5.41) is 1.09. The first-order valence-corrected chi connectivity index (χ1v) is 9.64. The molecule has 3 aromatic rings. The molecule has 0 radical (unpaired) electrons. The molecule has 1 aromatic heterocycles. The molecule has 1 aliphatic heterocycles. The van der Waals surface area contributed by atoms with Gasteiger partial charge in [-0.1, -0.05) is 51.1 Å². The average Bonchev–Trinajstić information content (AvgIpc) is 3.11. The smallest absolute Gasteiger partial charge is 0.270 e. The predicted molar refractivity (Wildman–Crippen MR) is 112 cm³/mol. The van der Waals surface area contributed by atoms with E-state index in [4.69, 9.17) is 0 Å². The number of fused-ring (bicyclic) bond motifs is 1. The van der Waals surface area contributed by atoms with Crippen molar-refractivity contribution in [1.29, 1.82) is 0 Å². The van der Waals surface area contributed by atoms with Crippen LogP contribution < -0.4 is 4.90 Å². The van der Waals surface area contributed by atoms with Crippen LogP contribution in [0, 0.1) is 0 Å². The summed E-state index contributed by atoms with van der Waals surface area (Å²) in [4.78, 5) is 20.6. The summed E-state index contributed by atoms with van der Waals surface area (Å²) in [6, 6.07) is 18.8. The first-order chi connectivity index (χ1) is 12.9. The van der Waals surface area contributed by atoms with Crippen LogP contribution in [0.5, 0.6) is 0 Å². The van der Waals surface area contributed by atoms with E-state index in [1.807, 2.05) is 17.0 Å². The molecule has 0 bridgehead atoms. The number of piperazine rings is 1. The number of carbonyl (C=O) groups excluding carboxylic acids is 1. The van der Waals surface area contributed by atoms with E-state index in [0.29, 0.717) is 5.69 Å². The highest BCUT2D eigenvalue weighted by Gasteiger charge is 2.23. The zero-order valence-electron chi connectivity index (χ0n) is 16.3. The second kappa shape index (κ2) is 6.76. The molecule has 27 heavy (non-hydrogen) atoms. The third-order valence-corrected chi connectivity index (χ3v) is 5.41. The molecule has 1 saturated heterocycles. The van der Waals surface area contributed by atoms with Gasteiger partial charge in [0.15, 0.2) is 0 Å². The second-order valence-electron chi connectivity index (χ2n) is 8.35. The number of hydrogen-bond donors (Lipinski definition) is 1. The molecular formula is C23H27N3O. The van der Waals surface area contributed by atoms with Crippen molar-refractivity contribution in [2.75, 3.05) is 31.1 Å². The Bertz CT molecular complexity index is 945. The zero-order chi connectivity index (χ0) is 19.0. The van der Waals surface area contributed by atoms with Crippen LogP contribution in [0.1, 0.15) is 36.8 Å². The lowest BCUT2D eigenvalue weighted by Gasteiger charge is -2.36. The average molecular weight is 361 g/mol. The van der Waals surface area contributed by atoms with Crippen LogP contribution in [0.25, 0.3) is 10.9 Å². The number of nitrogens with zero attached hydrogens (tertiary/aromatic N) is 2. The Balaban J connectivity index is 1.48. The molecule has 2 aromatic carbocycles. The van der Waals surface area contributed by atoms with E-state index in [0.717, 1.165) is 37.1 Å². The van der Waals surface area contributed by atoms with E-state index >= 15 is 0 Å². The Morgan fingerprint density at radius 3 is 2.30 bits per heavy atom. The molecule has 0 unspecified atom stereocenters. The maximum atomic E-state index is 13.0. The third-order valence-electron chi connectivity index (χ3n) is 5.41. The lowest BCUT2D eigenvalue weighted by atomic mass is 9.87. The summed E-state index contributed by atoms with van der Waals surface area (Å²) in [5.74, 6) is 0.0937. The van der Waals surface area contributed by atoms with E-state index in [1.54, 1.807) is 0 Å². The first kappa shape index (κ1) is 17.7. The van der Waals surface area contributed by atoms with Crippen molar-refractivity contribution >= 4 is 22.5 Å². The molecular weight excluding hydrogens is 334 g/mol. The van der Waals surface area contributed by atoms with Gasteiger partial charge in [-0.15, -0.1) is 0 Å². The van der Waals surface area contributed by atoms with Crippen LogP contribution in [0.2, 0.25) is 0 Å². The Kier molecular flexibility index (Phi) is 4.42. The fourth-order valence-corrected chi connectivity index (χ4v) is 3.69. The van der Waals surface area contributed by atoms with Gasteiger partial charge in [0.2, 0.25) is 0 Å². The van der Waals surface area contributed by atoms with Gasteiger partial charge in [-0.05, 0) is 35.2 Å². The number of para-hydroxylation sites is 1. The van der Waals surface area contributed by atoms with E-state index in [9.17, 15) is 4.79 Å². The molecule has 0 aliphatic carbocycles. The summed E-state index contributed by atoms with van der Waals surface area (Å²) >= 11 is 0. The summed E-state index contributed by atoms with van der Waals surface area (Å²) in [7, 11) is 0. The third kappa shape index (κ3) is 3.57. The highest BCUT2D eigenvalue weighted by Crippen LogP contribution is 2.27. The first-order valence-electron chi connectivity index (χ1n) is 9.64. The van der Waals surface area contributed by atoms with E-state index < -0.39 is 0 Å². The van der Waals surface area contributed by atoms with Gasteiger partial charge in [-0.3, -0.25) is 4.79 Å². The van der Waals surface area contributed by atoms with Gasteiger partial charge < -0.3 is 14.8 Å². The van der Waals surface area contributed by atoms with E-state index in [2.05, 4.69) is 73.1 Å². The van der Waals surface area contributed by atoms with Crippen LogP contribution in [-0.2, 0) is 5.41 Å². The van der Waals surface area contributed by atoms with E-state index in [1.165, 1.54) is 11.3 Å². The molecule has 4 rings (SSSR count). The monoisotopic (exact) mass is 361 g/mol. The predicted octanol–water partition coefficient (Wildman–Crippen LogP) is 4.43. The van der Waals surface area contributed by atoms with Gasteiger partial charge in [0.05, 0.1) is 0 Å². The Labute approximate surface area is 160 Å². The summed E-state index contributed by atoms with van der Waals surface area (Å²) in [6.45, 7) is 9.83. The molecule has 0 atom stereocenters. The molecule has 0 spiro atoms. The van der Waals surface area contributed by atoms with Crippen LogP contribution >= 0.6 is 0 Å². The molecule has 1 aliphatic rings. The normalized spacial score (nSPS) is 15.4. The zero-order valence-corrected chi connectivity index (χ0v) is 16.3. The minimum Gasteiger partial charge on any atom is -0.368 e. The van der Waals surface area contributed by atoms with Crippen molar-refractivity contribution in [3.8, 4) is 0 Å². The fourth-order valence-electron chi connectivity index (χ4n) is 3.69. The number of benzene rings is 2. The van der Waals surface area contributed by atoms with Gasteiger partial charge >= 0.3 is 0 Å². The van der Waals surface area contributed by atoms with Crippen LogP contribution in [0.4, 0.5) is 5.69 Å². The minimum atomic E-state index is 0.0937. The van der Waals surface area contributed by atoms with Crippen molar-refractivity contribution < 1.29 is 4.79 Å². The summed E-state index contributed by atoms with van der Waals surface area (Å²) in [6.07, 6.45) is 0. The molecule has 1 N–H and O–H groups in total. The molecule has 2 heterocycles. The highest BCUT2D eigenvalue weighted by molar-refractivity contribution is 5.98. The Hall–Kier alpha value is -2.75. The molecule has 4 heteroatoms. The maximum absolute atomic E-state index is 13.0. The minimum absolute atomic E-state index is 0.0937. The fraction of sp³-hybridized carbons (Fsp3) is 0.348. The number of H-pyrrole nitrogens is 1. The number of rotatable bonds is 2. The number of nitrogens with one attached hydrogen (secondary N) is 1. The van der Waals surface area contributed by atoms with Crippen molar-refractivity contribution in [2.45, 2.75) is 26.2 Å². The van der Waals surface area contributed by atoms with Crippen LogP contribution in [0.3, 0.4) is 0 Å². The molecule has 1 amide bonds. The number of hydrogen-bond acceptors (Lipinski definition) is 2. The number of carbonyl (C=O) groups is 1. The standard InChI is InChI=1S/C23H27N3O/c1-23(2,3)18-10-9-17-15-21(24-20(17)16-18)22(27)26-13-11-25(12-14-26)19-7-5-4-6-8-19/h4-10,15-16,24H,11-14H2,1-3H3. The summed E-state index contributed by atoms with van der Waals surface area (Å²) in [5.41, 5.74) is 4.31. The quantitative estimate of drug-likeness (QED) is 0.733. The van der Waals surface area contributed by atoms with Gasteiger partial charge in [-0.2, -0.15) is 0 Å². The van der Waals surface area contributed by atoms with Gasteiger partial charge in [0.1, 0.15) is 5.69 Å². The number of amides is 1. The SMILES string of the molecule is CC(C)(C)c1ccc2cc(C(=O)N3CCN(c4ccccc4)CC3)[nH]c2c1. The molecule has 4 nitrogen and oxygen atoms in total. The Morgan fingerprint density at radius 1 is 0.926 bits per heavy atom. The van der Waals surface area contributed by atoms with Crippen molar-refractivity contribution in [1.82, 2.24) is 9.88 Å².